The largest absolute Gasteiger partial charge is 0.490 e. The maximum atomic E-state index is 13.2. The second-order valence-corrected chi connectivity index (χ2v) is 8.14. The zero-order valence-electron chi connectivity index (χ0n) is 17.3. The average molecular weight is 450 g/mol. The molecule has 3 aromatic heterocycles. The number of anilines is 1. The van der Waals surface area contributed by atoms with Gasteiger partial charge in [-0.3, -0.25) is 9.48 Å². The number of aromatic nitrogens is 3. The van der Waals surface area contributed by atoms with E-state index >= 15 is 0 Å². The number of aryl methyl sites for hydroxylation is 1. The molecule has 0 fully saturated rings. The predicted octanol–water partition coefficient (Wildman–Crippen LogP) is 4.92. The van der Waals surface area contributed by atoms with Crippen LogP contribution in [0.25, 0.3) is 10.2 Å². The molecule has 0 aliphatic rings. The van der Waals surface area contributed by atoms with Crippen molar-refractivity contribution in [1.82, 2.24) is 14.8 Å². The SMILES string of the molecule is Cc1nn(Cc2ccc(F)cc2)c2sc(C(=O)Nc3ncccc3OCCCC#N)cc12. The molecule has 9 heteroatoms. The molecule has 0 bridgehead atoms. The molecule has 0 aliphatic heterocycles. The van der Waals surface area contributed by atoms with Crippen LogP contribution in [0, 0.1) is 24.1 Å². The van der Waals surface area contributed by atoms with Crippen molar-refractivity contribution < 1.29 is 13.9 Å². The Kier molecular flexibility index (Phi) is 6.42. The third-order valence-corrected chi connectivity index (χ3v) is 5.92. The highest BCUT2D eigenvalue weighted by atomic mass is 32.1. The number of unbranched alkanes of at least 4 members (excludes halogenated alkanes) is 1. The zero-order valence-corrected chi connectivity index (χ0v) is 18.2. The first-order valence-corrected chi connectivity index (χ1v) is 10.8. The van der Waals surface area contributed by atoms with Crippen LogP contribution in [0.3, 0.4) is 0 Å². The van der Waals surface area contributed by atoms with Gasteiger partial charge < -0.3 is 10.1 Å². The maximum absolute atomic E-state index is 13.2. The Morgan fingerprint density at radius 3 is 2.91 bits per heavy atom. The monoisotopic (exact) mass is 449 g/mol. The van der Waals surface area contributed by atoms with Gasteiger partial charge in [0.15, 0.2) is 11.6 Å². The molecule has 0 spiro atoms. The maximum Gasteiger partial charge on any atom is 0.267 e. The van der Waals surface area contributed by atoms with Crippen molar-refractivity contribution in [2.24, 2.45) is 0 Å². The summed E-state index contributed by atoms with van der Waals surface area (Å²) in [7, 11) is 0. The molecule has 4 aromatic rings. The van der Waals surface area contributed by atoms with Gasteiger partial charge >= 0.3 is 0 Å². The lowest BCUT2D eigenvalue weighted by Crippen LogP contribution is -2.13. The first kappa shape index (κ1) is 21.5. The minimum Gasteiger partial charge on any atom is -0.490 e. The number of hydrogen-bond donors (Lipinski definition) is 1. The molecule has 0 radical (unpaired) electrons. The van der Waals surface area contributed by atoms with E-state index in [-0.39, 0.29) is 11.7 Å². The summed E-state index contributed by atoms with van der Waals surface area (Å²) in [6, 6.07) is 13.6. The lowest BCUT2D eigenvalue weighted by molar-refractivity contribution is 0.102. The Balaban J connectivity index is 1.52. The van der Waals surface area contributed by atoms with E-state index in [4.69, 9.17) is 10.00 Å². The first-order chi connectivity index (χ1) is 15.5. The zero-order chi connectivity index (χ0) is 22.5. The van der Waals surface area contributed by atoms with E-state index < -0.39 is 0 Å². The molecular weight excluding hydrogens is 429 g/mol. The van der Waals surface area contributed by atoms with Crippen LogP contribution in [0.1, 0.15) is 33.8 Å². The number of rotatable bonds is 8. The topological polar surface area (TPSA) is 92.8 Å². The van der Waals surface area contributed by atoms with Gasteiger partial charge in [-0.25, -0.2) is 9.37 Å². The van der Waals surface area contributed by atoms with E-state index in [2.05, 4.69) is 21.5 Å². The standard InChI is InChI=1S/C23H20FN5O2S/c1-15-18-13-20(32-23(18)29(28-15)14-16-6-8-17(24)9-7-16)22(30)27-21-19(5-4-11-26-21)31-12-3-2-10-25/h4-9,11,13H,2-3,12,14H2,1H3,(H,26,27,30). The molecule has 0 atom stereocenters. The predicted molar refractivity (Wildman–Crippen MR) is 120 cm³/mol. The van der Waals surface area contributed by atoms with E-state index in [1.54, 1.807) is 30.5 Å². The lowest BCUT2D eigenvalue weighted by atomic mass is 10.2. The van der Waals surface area contributed by atoms with Gasteiger partial charge in [-0.15, -0.1) is 11.3 Å². The number of carbonyl (C=O) groups excluding carboxylic acids is 1. The van der Waals surface area contributed by atoms with Crippen LogP contribution >= 0.6 is 11.3 Å². The summed E-state index contributed by atoms with van der Waals surface area (Å²) >= 11 is 1.33. The smallest absolute Gasteiger partial charge is 0.267 e. The third-order valence-electron chi connectivity index (χ3n) is 4.77. The van der Waals surface area contributed by atoms with Crippen molar-refractivity contribution in [3.8, 4) is 11.8 Å². The molecule has 0 aliphatic carbocycles. The Hall–Kier alpha value is -3.77. The molecule has 0 saturated carbocycles. The molecule has 1 N–H and O–H groups in total. The van der Waals surface area contributed by atoms with Crippen LogP contribution in [-0.4, -0.2) is 27.3 Å². The summed E-state index contributed by atoms with van der Waals surface area (Å²) in [6.07, 6.45) is 2.57. The minimum absolute atomic E-state index is 0.284. The van der Waals surface area contributed by atoms with E-state index in [1.807, 2.05) is 17.7 Å². The van der Waals surface area contributed by atoms with Crippen LogP contribution in [0.2, 0.25) is 0 Å². The fraction of sp³-hybridized carbons (Fsp3) is 0.217. The normalized spacial score (nSPS) is 10.8. The number of amides is 1. The second-order valence-electron chi connectivity index (χ2n) is 7.11. The molecule has 1 aromatic carbocycles. The van der Waals surface area contributed by atoms with Crippen molar-refractivity contribution >= 4 is 33.3 Å². The summed E-state index contributed by atoms with van der Waals surface area (Å²) in [5.74, 6) is 0.211. The van der Waals surface area contributed by atoms with E-state index in [9.17, 15) is 9.18 Å². The number of ether oxygens (including phenoxy) is 1. The molecule has 0 unspecified atom stereocenters. The Labute approximate surface area is 188 Å². The van der Waals surface area contributed by atoms with Crippen LogP contribution in [-0.2, 0) is 6.54 Å². The third kappa shape index (κ3) is 4.76. The number of hydrogen-bond acceptors (Lipinski definition) is 6. The van der Waals surface area contributed by atoms with Gasteiger partial charge in [0.05, 0.1) is 29.8 Å². The van der Waals surface area contributed by atoms with Gasteiger partial charge in [0.25, 0.3) is 5.91 Å². The van der Waals surface area contributed by atoms with Crippen molar-refractivity contribution in [1.29, 1.82) is 5.26 Å². The number of halogens is 1. The Morgan fingerprint density at radius 1 is 1.31 bits per heavy atom. The van der Waals surface area contributed by atoms with Gasteiger partial charge in [0.2, 0.25) is 0 Å². The molecule has 4 rings (SSSR count). The number of thiophene rings is 1. The van der Waals surface area contributed by atoms with Crippen molar-refractivity contribution in [2.45, 2.75) is 26.3 Å². The summed E-state index contributed by atoms with van der Waals surface area (Å²) in [5.41, 5.74) is 1.73. The average Bonchev–Trinajstić information content (AvgIpc) is 3.35. The number of fused-ring (bicyclic) bond motifs is 1. The fourth-order valence-corrected chi connectivity index (χ4v) is 4.25. The van der Waals surface area contributed by atoms with Crippen molar-refractivity contribution in [2.75, 3.05) is 11.9 Å². The lowest BCUT2D eigenvalue weighted by Gasteiger charge is -2.10. The molecule has 0 saturated heterocycles. The highest BCUT2D eigenvalue weighted by Crippen LogP contribution is 2.30. The summed E-state index contributed by atoms with van der Waals surface area (Å²) in [4.78, 5) is 18.5. The summed E-state index contributed by atoms with van der Waals surface area (Å²) in [6.45, 7) is 2.74. The van der Waals surface area contributed by atoms with E-state index in [1.165, 1.54) is 23.5 Å². The van der Waals surface area contributed by atoms with E-state index in [0.717, 1.165) is 21.5 Å². The first-order valence-electron chi connectivity index (χ1n) is 10.0. The van der Waals surface area contributed by atoms with Crippen LogP contribution in [0.15, 0.2) is 48.7 Å². The number of nitrogens with one attached hydrogen (secondary N) is 1. The van der Waals surface area contributed by atoms with Crippen LogP contribution in [0.5, 0.6) is 5.75 Å². The molecular formula is C23H20FN5O2S. The van der Waals surface area contributed by atoms with Gasteiger partial charge in [-0.2, -0.15) is 10.4 Å². The van der Waals surface area contributed by atoms with Crippen LogP contribution < -0.4 is 10.1 Å². The number of benzene rings is 1. The van der Waals surface area contributed by atoms with Gasteiger partial charge in [-0.05, 0) is 49.2 Å². The number of carbonyl (C=O) groups is 1. The Bertz CT molecular complexity index is 1290. The fourth-order valence-electron chi connectivity index (χ4n) is 3.20. The highest BCUT2D eigenvalue weighted by molar-refractivity contribution is 7.20. The molecule has 3 heterocycles. The molecule has 32 heavy (non-hydrogen) atoms. The van der Waals surface area contributed by atoms with Crippen LogP contribution in [0.4, 0.5) is 10.2 Å². The second kappa shape index (κ2) is 9.58. The number of nitriles is 1. The molecule has 7 nitrogen and oxygen atoms in total. The van der Waals surface area contributed by atoms with Gasteiger partial charge in [0, 0.05) is 18.0 Å². The molecule has 162 valence electrons. The minimum atomic E-state index is -0.292. The number of pyridine rings is 1. The Morgan fingerprint density at radius 2 is 2.12 bits per heavy atom. The van der Waals surface area contributed by atoms with Gasteiger partial charge in [0.1, 0.15) is 10.6 Å². The molecule has 1 amide bonds. The van der Waals surface area contributed by atoms with Crippen molar-refractivity contribution in [3.63, 3.8) is 0 Å². The quantitative estimate of drug-likeness (QED) is 0.385. The summed E-state index contributed by atoms with van der Waals surface area (Å²) < 4.78 is 20.7. The number of nitrogens with zero attached hydrogens (tertiary/aromatic N) is 4. The van der Waals surface area contributed by atoms with Gasteiger partial charge in [-0.1, -0.05) is 12.1 Å². The summed E-state index contributed by atoms with van der Waals surface area (Å²) in [5, 5.41) is 16.9. The highest BCUT2D eigenvalue weighted by Gasteiger charge is 2.18. The van der Waals surface area contributed by atoms with E-state index in [0.29, 0.717) is 42.4 Å². The van der Waals surface area contributed by atoms with Crippen molar-refractivity contribution in [3.05, 3.63) is 70.6 Å².